The second-order valence-electron chi connectivity index (χ2n) is 3.86. The van der Waals surface area contributed by atoms with Crippen LogP contribution in [0.25, 0.3) is 0 Å². The van der Waals surface area contributed by atoms with Crippen molar-refractivity contribution in [3.05, 3.63) is 53.0 Å². The Bertz CT molecular complexity index is 678. The lowest BCUT2D eigenvalue weighted by molar-refractivity contribution is 0.112. The molecule has 0 fully saturated rings. The van der Waals surface area contributed by atoms with Crippen LogP contribution in [0.2, 0.25) is 0 Å². The van der Waals surface area contributed by atoms with Crippen LogP contribution in [0.4, 0.5) is 4.39 Å². The number of hydrogen-bond donors (Lipinski definition) is 0. The molecule has 0 aliphatic carbocycles. The summed E-state index contributed by atoms with van der Waals surface area (Å²) in [6.07, 6.45) is 2.06. The maximum Gasteiger partial charge on any atom is 0.222 e. The number of rotatable bonds is 3. The Balaban J connectivity index is 2.29. The number of ether oxygens (including phenoxy) is 1. The summed E-state index contributed by atoms with van der Waals surface area (Å²) in [5.41, 5.74) is 1.05. The zero-order valence-electron chi connectivity index (χ0n) is 10.1. The van der Waals surface area contributed by atoms with E-state index < -0.39 is 5.82 Å². The van der Waals surface area contributed by atoms with Gasteiger partial charge in [-0.2, -0.15) is 5.26 Å². The predicted molar refractivity (Wildman–Crippen MR) is 65.6 cm³/mol. The van der Waals surface area contributed by atoms with Gasteiger partial charge >= 0.3 is 0 Å². The number of hydrogen-bond acceptors (Lipinski definition) is 4. The zero-order valence-corrected chi connectivity index (χ0v) is 10.1. The molecule has 0 bridgehead atoms. The van der Waals surface area contributed by atoms with Gasteiger partial charge in [0.15, 0.2) is 6.29 Å². The summed E-state index contributed by atoms with van der Waals surface area (Å²) in [7, 11) is 0. The lowest BCUT2D eigenvalue weighted by Gasteiger charge is -2.08. The number of aldehydes is 1. The Kier molecular flexibility index (Phi) is 3.53. The first kappa shape index (κ1) is 12.7. The minimum atomic E-state index is -0.651. The van der Waals surface area contributed by atoms with Crippen LogP contribution in [0.5, 0.6) is 11.6 Å². The lowest BCUT2D eigenvalue weighted by atomic mass is 10.2. The van der Waals surface area contributed by atoms with Crippen molar-refractivity contribution in [3.63, 3.8) is 0 Å². The molecule has 0 radical (unpaired) electrons. The average molecular weight is 256 g/mol. The number of carbonyl (C=O) groups is 1. The molecule has 0 atom stereocenters. The molecule has 1 aromatic carbocycles. The van der Waals surface area contributed by atoms with Gasteiger partial charge in [0.2, 0.25) is 5.88 Å². The molecule has 0 aliphatic heterocycles. The molecule has 5 heteroatoms. The third-order valence-electron chi connectivity index (χ3n) is 2.46. The number of benzene rings is 1. The summed E-state index contributed by atoms with van der Waals surface area (Å²) in [5.74, 6) is -0.122. The quantitative estimate of drug-likeness (QED) is 0.792. The van der Waals surface area contributed by atoms with Crippen LogP contribution in [-0.4, -0.2) is 11.3 Å². The fourth-order valence-corrected chi connectivity index (χ4v) is 1.52. The molecule has 19 heavy (non-hydrogen) atoms. The van der Waals surface area contributed by atoms with Crippen molar-refractivity contribution in [2.45, 2.75) is 6.92 Å². The first-order chi connectivity index (χ1) is 9.13. The van der Waals surface area contributed by atoms with Crippen molar-refractivity contribution in [2.75, 3.05) is 0 Å². The minimum Gasteiger partial charge on any atom is -0.439 e. The van der Waals surface area contributed by atoms with Crippen LogP contribution in [0.3, 0.4) is 0 Å². The SMILES string of the molecule is Cc1cc(C=O)cnc1Oc1ccc(C#N)c(F)c1. The van der Waals surface area contributed by atoms with Gasteiger partial charge in [-0.15, -0.1) is 0 Å². The van der Waals surface area contributed by atoms with E-state index >= 15 is 0 Å². The van der Waals surface area contributed by atoms with E-state index in [0.29, 0.717) is 17.4 Å². The van der Waals surface area contributed by atoms with Crippen molar-refractivity contribution in [2.24, 2.45) is 0 Å². The third-order valence-corrected chi connectivity index (χ3v) is 2.46. The van der Waals surface area contributed by atoms with Crippen molar-refractivity contribution < 1.29 is 13.9 Å². The first-order valence-electron chi connectivity index (χ1n) is 5.43. The number of carbonyl (C=O) groups excluding carboxylic acids is 1. The van der Waals surface area contributed by atoms with Crippen LogP contribution in [0, 0.1) is 24.1 Å². The Morgan fingerprint density at radius 2 is 2.21 bits per heavy atom. The zero-order chi connectivity index (χ0) is 13.8. The highest BCUT2D eigenvalue weighted by Gasteiger charge is 2.07. The molecule has 0 amide bonds. The molecule has 0 saturated heterocycles. The van der Waals surface area contributed by atoms with Gasteiger partial charge in [-0.25, -0.2) is 9.37 Å². The molecule has 2 rings (SSSR count). The number of pyridine rings is 1. The van der Waals surface area contributed by atoms with Gasteiger partial charge in [0, 0.05) is 23.4 Å². The number of nitriles is 1. The average Bonchev–Trinajstić information content (AvgIpc) is 2.41. The largest absolute Gasteiger partial charge is 0.439 e. The van der Waals surface area contributed by atoms with Crippen molar-refractivity contribution >= 4 is 6.29 Å². The Hall–Kier alpha value is -2.74. The standard InChI is InChI=1S/C14H9FN2O2/c1-9-4-10(8-18)7-17-14(9)19-12-3-2-11(6-16)13(15)5-12/h2-5,7-8H,1H3. The van der Waals surface area contributed by atoms with E-state index in [1.54, 1.807) is 19.1 Å². The number of nitrogens with zero attached hydrogens (tertiary/aromatic N) is 2. The van der Waals surface area contributed by atoms with Crippen molar-refractivity contribution in [1.82, 2.24) is 4.98 Å². The topological polar surface area (TPSA) is 63.0 Å². The third kappa shape index (κ3) is 2.75. The summed E-state index contributed by atoms with van der Waals surface area (Å²) in [6.45, 7) is 1.73. The van der Waals surface area contributed by atoms with E-state index in [4.69, 9.17) is 10.00 Å². The van der Waals surface area contributed by atoms with E-state index in [-0.39, 0.29) is 17.2 Å². The highest BCUT2D eigenvalue weighted by Crippen LogP contribution is 2.24. The second-order valence-corrected chi connectivity index (χ2v) is 3.86. The van der Waals surface area contributed by atoms with Gasteiger partial charge in [-0.3, -0.25) is 4.79 Å². The summed E-state index contributed by atoms with van der Waals surface area (Å²) < 4.78 is 18.8. The highest BCUT2D eigenvalue weighted by atomic mass is 19.1. The van der Waals surface area contributed by atoms with Crippen LogP contribution in [0.1, 0.15) is 21.5 Å². The Morgan fingerprint density at radius 1 is 1.42 bits per heavy atom. The van der Waals surface area contributed by atoms with E-state index in [1.165, 1.54) is 18.3 Å². The summed E-state index contributed by atoms with van der Waals surface area (Å²) >= 11 is 0. The summed E-state index contributed by atoms with van der Waals surface area (Å²) in [6, 6.07) is 7.28. The molecule has 0 unspecified atom stereocenters. The smallest absolute Gasteiger partial charge is 0.222 e. The molecular formula is C14H9FN2O2. The van der Waals surface area contributed by atoms with Crippen LogP contribution in [0.15, 0.2) is 30.5 Å². The molecule has 2 aromatic rings. The van der Waals surface area contributed by atoms with Crippen LogP contribution < -0.4 is 4.74 Å². The highest BCUT2D eigenvalue weighted by molar-refractivity contribution is 5.74. The minimum absolute atomic E-state index is 0.0478. The van der Waals surface area contributed by atoms with Crippen LogP contribution in [-0.2, 0) is 0 Å². The molecule has 0 aliphatic rings. The Morgan fingerprint density at radius 3 is 2.79 bits per heavy atom. The van der Waals surface area contributed by atoms with Crippen molar-refractivity contribution in [1.29, 1.82) is 5.26 Å². The molecule has 0 N–H and O–H groups in total. The van der Waals surface area contributed by atoms with E-state index in [1.807, 2.05) is 0 Å². The van der Waals surface area contributed by atoms with Gasteiger partial charge in [-0.05, 0) is 25.1 Å². The maximum atomic E-state index is 13.4. The maximum absolute atomic E-state index is 13.4. The molecule has 0 spiro atoms. The Labute approximate surface area is 109 Å². The molecule has 1 aromatic heterocycles. The fraction of sp³-hybridized carbons (Fsp3) is 0.0714. The van der Waals surface area contributed by atoms with Gasteiger partial charge in [-0.1, -0.05) is 0 Å². The second kappa shape index (κ2) is 5.27. The molecule has 4 nitrogen and oxygen atoms in total. The van der Waals surface area contributed by atoms with Gasteiger partial charge in [0.1, 0.15) is 17.6 Å². The monoisotopic (exact) mass is 256 g/mol. The van der Waals surface area contributed by atoms with Crippen LogP contribution >= 0.6 is 0 Å². The number of halogens is 1. The van der Waals surface area contributed by atoms with E-state index in [2.05, 4.69) is 4.98 Å². The lowest BCUT2D eigenvalue weighted by Crippen LogP contribution is -1.94. The summed E-state index contributed by atoms with van der Waals surface area (Å²) in [4.78, 5) is 14.6. The number of aromatic nitrogens is 1. The molecule has 1 heterocycles. The van der Waals surface area contributed by atoms with E-state index in [9.17, 15) is 9.18 Å². The number of aryl methyl sites for hydroxylation is 1. The van der Waals surface area contributed by atoms with Gasteiger partial charge in [0.25, 0.3) is 0 Å². The summed E-state index contributed by atoms with van der Waals surface area (Å²) in [5, 5.41) is 8.62. The first-order valence-corrected chi connectivity index (χ1v) is 5.43. The van der Waals surface area contributed by atoms with E-state index in [0.717, 1.165) is 6.07 Å². The molecule has 0 saturated carbocycles. The van der Waals surface area contributed by atoms with Crippen molar-refractivity contribution in [3.8, 4) is 17.7 Å². The van der Waals surface area contributed by atoms with Gasteiger partial charge in [0.05, 0.1) is 5.56 Å². The molecule has 94 valence electrons. The normalized spacial score (nSPS) is 9.74. The predicted octanol–water partition coefficient (Wildman–Crippen LogP) is 3.01. The molecular weight excluding hydrogens is 247 g/mol. The van der Waals surface area contributed by atoms with Gasteiger partial charge < -0.3 is 4.74 Å². The fourth-order valence-electron chi connectivity index (χ4n) is 1.52.